The van der Waals surface area contributed by atoms with Gasteiger partial charge in [0.05, 0.1) is 13.0 Å². The number of hydrogen-bond donors (Lipinski definition) is 1. The van der Waals surface area contributed by atoms with Crippen molar-refractivity contribution in [3.63, 3.8) is 0 Å². The van der Waals surface area contributed by atoms with E-state index in [0.717, 1.165) is 11.3 Å². The van der Waals surface area contributed by atoms with Crippen molar-refractivity contribution >= 4 is 11.7 Å². The van der Waals surface area contributed by atoms with Crippen LogP contribution >= 0.6 is 0 Å². The van der Waals surface area contributed by atoms with E-state index in [0.29, 0.717) is 13.0 Å². The first-order chi connectivity index (χ1) is 7.13. The molecule has 0 amide bonds. The number of esters is 1. The van der Waals surface area contributed by atoms with Crippen LogP contribution < -0.4 is 5.73 Å². The minimum Gasteiger partial charge on any atom is -0.466 e. The van der Waals surface area contributed by atoms with E-state index in [2.05, 4.69) is 0 Å². The monoisotopic (exact) mass is 207 g/mol. The lowest BCUT2D eigenvalue weighted by atomic mass is 9.98. The zero-order valence-electron chi connectivity index (χ0n) is 9.19. The van der Waals surface area contributed by atoms with Gasteiger partial charge in [0.15, 0.2) is 0 Å². The molecule has 1 rings (SSSR count). The number of hydrogen-bond acceptors (Lipinski definition) is 3. The standard InChI is InChI=1S/C12H17NO2/c1-3-15-12(14)8-9(2)10-4-6-11(13)7-5-10/h4-7,9H,3,8,13H2,1-2H3. The normalized spacial score (nSPS) is 12.1. The van der Waals surface area contributed by atoms with Gasteiger partial charge >= 0.3 is 5.97 Å². The fourth-order valence-electron chi connectivity index (χ4n) is 1.41. The number of benzene rings is 1. The van der Waals surface area contributed by atoms with E-state index in [1.807, 2.05) is 38.1 Å². The smallest absolute Gasteiger partial charge is 0.306 e. The van der Waals surface area contributed by atoms with Crippen molar-refractivity contribution < 1.29 is 9.53 Å². The predicted molar refractivity (Wildman–Crippen MR) is 60.5 cm³/mol. The highest BCUT2D eigenvalue weighted by Crippen LogP contribution is 2.20. The maximum atomic E-state index is 11.2. The molecule has 1 unspecified atom stereocenters. The number of rotatable bonds is 4. The quantitative estimate of drug-likeness (QED) is 0.609. The minimum absolute atomic E-state index is 0.151. The number of carbonyl (C=O) groups is 1. The van der Waals surface area contributed by atoms with Crippen molar-refractivity contribution in [2.45, 2.75) is 26.2 Å². The Morgan fingerprint density at radius 1 is 1.40 bits per heavy atom. The van der Waals surface area contributed by atoms with Crippen molar-refractivity contribution in [3.05, 3.63) is 29.8 Å². The second kappa shape index (κ2) is 5.39. The number of ether oxygens (including phenoxy) is 1. The molecule has 1 aromatic carbocycles. The first kappa shape index (κ1) is 11.6. The van der Waals surface area contributed by atoms with Gasteiger partial charge in [-0.2, -0.15) is 0 Å². The Hall–Kier alpha value is -1.51. The number of nitrogens with two attached hydrogens (primary N) is 1. The third-order valence-corrected chi connectivity index (χ3v) is 2.28. The Balaban J connectivity index is 2.57. The molecule has 0 aromatic heterocycles. The van der Waals surface area contributed by atoms with Gasteiger partial charge in [-0.1, -0.05) is 19.1 Å². The van der Waals surface area contributed by atoms with E-state index in [1.54, 1.807) is 0 Å². The van der Waals surface area contributed by atoms with E-state index in [4.69, 9.17) is 10.5 Å². The first-order valence-corrected chi connectivity index (χ1v) is 5.14. The van der Waals surface area contributed by atoms with Crippen LogP contribution in [0.4, 0.5) is 5.69 Å². The van der Waals surface area contributed by atoms with Crippen molar-refractivity contribution in [2.24, 2.45) is 0 Å². The van der Waals surface area contributed by atoms with E-state index in [-0.39, 0.29) is 11.9 Å². The third-order valence-electron chi connectivity index (χ3n) is 2.28. The van der Waals surface area contributed by atoms with E-state index in [1.165, 1.54) is 0 Å². The average molecular weight is 207 g/mol. The molecule has 0 aliphatic rings. The molecular weight excluding hydrogens is 190 g/mol. The lowest BCUT2D eigenvalue weighted by Gasteiger charge is -2.11. The van der Waals surface area contributed by atoms with Crippen molar-refractivity contribution in [1.82, 2.24) is 0 Å². The summed E-state index contributed by atoms with van der Waals surface area (Å²) in [5.41, 5.74) is 7.43. The Bertz CT molecular complexity index is 319. The van der Waals surface area contributed by atoms with Gasteiger partial charge in [0.1, 0.15) is 0 Å². The summed E-state index contributed by atoms with van der Waals surface area (Å²) in [6.45, 7) is 4.25. The van der Waals surface area contributed by atoms with Crippen LogP contribution in [0.3, 0.4) is 0 Å². The Labute approximate surface area is 90.2 Å². The number of anilines is 1. The molecule has 0 fully saturated rings. The largest absolute Gasteiger partial charge is 0.466 e. The lowest BCUT2D eigenvalue weighted by Crippen LogP contribution is -2.08. The molecule has 0 aliphatic carbocycles. The van der Waals surface area contributed by atoms with E-state index in [9.17, 15) is 4.79 Å². The summed E-state index contributed by atoms with van der Waals surface area (Å²) in [5, 5.41) is 0. The predicted octanol–water partition coefficient (Wildman–Crippen LogP) is 2.33. The maximum absolute atomic E-state index is 11.2. The highest BCUT2D eigenvalue weighted by molar-refractivity contribution is 5.70. The number of nitrogen functional groups attached to an aromatic ring is 1. The SMILES string of the molecule is CCOC(=O)CC(C)c1ccc(N)cc1. The van der Waals surface area contributed by atoms with E-state index < -0.39 is 0 Å². The maximum Gasteiger partial charge on any atom is 0.306 e. The summed E-state index contributed by atoms with van der Waals surface area (Å²) < 4.78 is 4.89. The second-order valence-corrected chi connectivity index (χ2v) is 3.58. The van der Waals surface area contributed by atoms with Crippen LogP contribution in [0, 0.1) is 0 Å². The molecule has 0 aliphatic heterocycles. The highest BCUT2D eigenvalue weighted by Gasteiger charge is 2.11. The molecule has 2 N–H and O–H groups in total. The molecule has 0 saturated carbocycles. The van der Waals surface area contributed by atoms with Crippen LogP contribution in [0.5, 0.6) is 0 Å². The summed E-state index contributed by atoms with van der Waals surface area (Å²) in [6, 6.07) is 7.58. The number of carbonyl (C=O) groups excluding carboxylic acids is 1. The van der Waals surface area contributed by atoms with Crippen LogP contribution in [0.25, 0.3) is 0 Å². The molecular formula is C12H17NO2. The van der Waals surface area contributed by atoms with Crippen molar-refractivity contribution in [2.75, 3.05) is 12.3 Å². The molecule has 1 atom stereocenters. The van der Waals surface area contributed by atoms with Crippen LogP contribution in [-0.2, 0) is 9.53 Å². The minimum atomic E-state index is -0.151. The van der Waals surface area contributed by atoms with Crippen LogP contribution in [0.1, 0.15) is 31.7 Å². The van der Waals surface area contributed by atoms with Gasteiger partial charge in [-0.3, -0.25) is 4.79 Å². The molecule has 1 aromatic rings. The lowest BCUT2D eigenvalue weighted by molar-refractivity contribution is -0.143. The van der Waals surface area contributed by atoms with Gasteiger partial charge < -0.3 is 10.5 Å². The summed E-state index contributed by atoms with van der Waals surface area (Å²) in [5.74, 6) is 0.0199. The van der Waals surface area contributed by atoms with Gasteiger partial charge in [0, 0.05) is 5.69 Å². The summed E-state index contributed by atoms with van der Waals surface area (Å²) in [4.78, 5) is 11.2. The molecule has 0 radical (unpaired) electrons. The topological polar surface area (TPSA) is 52.3 Å². The fourth-order valence-corrected chi connectivity index (χ4v) is 1.41. The van der Waals surface area contributed by atoms with E-state index >= 15 is 0 Å². The van der Waals surface area contributed by atoms with Crippen molar-refractivity contribution in [3.8, 4) is 0 Å². The first-order valence-electron chi connectivity index (χ1n) is 5.14. The van der Waals surface area contributed by atoms with Crippen LogP contribution in [-0.4, -0.2) is 12.6 Å². The van der Waals surface area contributed by atoms with Crippen LogP contribution in [0.2, 0.25) is 0 Å². The summed E-state index contributed by atoms with van der Waals surface area (Å²) in [7, 11) is 0. The fraction of sp³-hybridized carbons (Fsp3) is 0.417. The summed E-state index contributed by atoms with van der Waals surface area (Å²) >= 11 is 0. The molecule has 0 saturated heterocycles. The summed E-state index contributed by atoms with van der Waals surface area (Å²) in [6.07, 6.45) is 0.414. The Morgan fingerprint density at radius 2 is 2.00 bits per heavy atom. The van der Waals surface area contributed by atoms with Gasteiger partial charge in [-0.05, 0) is 30.5 Å². The molecule has 0 bridgehead atoms. The van der Waals surface area contributed by atoms with Gasteiger partial charge in [-0.15, -0.1) is 0 Å². The van der Waals surface area contributed by atoms with Gasteiger partial charge in [-0.25, -0.2) is 0 Å². The average Bonchev–Trinajstić information content (AvgIpc) is 2.18. The zero-order chi connectivity index (χ0) is 11.3. The third kappa shape index (κ3) is 3.62. The molecule has 3 nitrogen and oxygen atoms in total. The van der Waals surface area contributed by atoms with Gasteiger partial charge in [0.25, 0.3) is 0 Å². The van der Waals surface area contributed by atoms with Gasteiger partial charge in [0.2, 0.25) is 0 Å². The molecule has 3 heteroatoms. The second-order valence-electron chi connectivity index (χ2n) is 3.58. The van der Waals surface area contributed by atoms with Crippen molar-refractivity contribution in [1.29, 1.82) is 0 Å². The molecule has 0 spiro atoms. The zero-order valence-corrected chi connectivity index (χ0v) is 9.19. The Morgan fingerprint density at radius 3 is 2.53 bits per heavy atom. The van der Waals surface area contributed by atoms with Crippen LogP contribution in [0.15, 0.2) is 24.3 Å². The highest BCUT2D eigenvalue weighted by atomic mass is 16.5. The molecule has 82 valence electrons. The Kier molecular flexibility index (Phi) is 4.16. The molecule has 15 heavy (non-hydrogen) atoms. The molecule has 0 heterocycles.